The molecular weight excluding hydrogens is 338 g/mol. The van der Waals surface area contributed by atoms with Crippen LogP contribution < -0.4 is 5.32 Å². The summed E-state index contributed by atoms with van der Waals surface area (Å²) in [5.74, 6) is 0.490. The summed E-state index contributed by atoms with van der Waals surface area (Å²) in [5.41, 5.74) is 4.78. The number of piperidine rings is 1. The second-order valence-corrected chi connectivity index (χ2v) is 7.75. The van der Waals surface area contributed by atoms with Gasteiger partial charge in [-0.25, -0.2) is 0 Å². The molecule has 2 aliphatic rings. The van der Waals surface area contributed by atoms with Crippen molar-refractivity contribution in [1.82, 2.24) is 25.2 Å². The number of nitrogens with zero attached hydrogens (tertiary/aromatic N) is 3. The van der Waals surface area contributed by atoms with Gasteiger partial charge in [0.15, 0.2) is 0 Å². The van der Waals surface area contributed by atoms with Crippen LogP contribution in [0.4, 0.5) is 0 Å². The van der Waals surface area contributed by atoms with E-state index in [0.29, 0.717) is 18.5 Å². The van der Waals surface area contributed by atoms with E-state index in [0.717, 1.165) is 25.1 Å². The fourth-order valence-corrected chi connectivity index (χ4v) is 4.88. The van der Waals surface area contributed by atoms with E-state index in [1.807, 2.05) is 0 Å². The van der Waals surface area contributed by atoms with Crippen LogP contribution in [0.2, 0.25) is 0 Å². The number of nitrogens with one attached hydrogen (secondary N) is 2. The summed E-state index contributed by atoms with van der Waals surface area (Å²) < 4.78 is 0. The van der Waals surface area contributed by atoms with Crippen LogP contribution in [0.5, 0.6) is 0 Å². The third-order valence-electron chi connectivity index (χ3n) is 6.16. The summed E-state index contributed by atoms with van der Waals surface area (Å²) in [5, 5.41) is 4.42. The molecule has 2 aromatic heterocycles. The van der Waals surface area contributed by atoms with Gasteiger partial charge in [-0.05, 0) is 37.1 Å². The number of fused-ring (bicyclic) bond motifs is 2. The quantitative estimate of drug-likeness (QED) is 0.750. The zero-order valence-corrected chi connectivity index (χ0v) is 15.4. The lowest BCUT2D eigenvalue weighted by Gasteiger charge is -2.45. The highest BCUT2D eigenvalue weighted by Crippen LogP contribution is 2.44. The Morgan fingerprint density at radius 2 is 2.30 bits per heavy atom. The van der Waals surface area contributed by atoms with Gasteiger partial charge in [-0.1, -0.05) is 12.1 Å². The number of likely N-dealkylation sites (N-methyl/N-ethyl adjacent to an activating group) is 1. The van der Waals surface area contributed by atoms with Crippen molar-refractivity contribution in [1.29, 1.82) is 0 Å². The fourth-order valence-electron chi connectivity index (χ4n) is 4.88. The molecule has 0 bridgehead atoms. The highest BCUT2D eigenvalue weighted by atomic mass is 16.1. The monoisotopic (exact) mass is 361 g/mol. The lowest BCUT2D eigenvalue weighted by Crippen LogP contribution is -2.51. The Kier molecular flexibility index (Phi) is 3.93. The van der Waals surface area contributed by atoms with Crippen molar-refractivity contribution in [2.75, 3.05) is 13.6 Å². The summed E-state index contributed by atoms with van der Waals surface area (Å²) in [6.07, 6.45) is 9.08. The predicted octanol–water partition coefficient (Wildman–Crippen LogP) is 2.23. The molecule has 5 rings (SSSR count). The summed E-state index contributed by atoms with van der Waals surface area (Å²) in [4.78, 5) is 26.9. The number of benzene rings is 1. The fraction of sp³-hybridized carbons (Fsp3) is 0.381. The van der Waals surface area contributed by atoms with Crippen molar-refractivity contribution in [3.8, 4) is 0 Å². The summed E-state index contributed by atoms with van der Waals surface area (Å²) in [6.45, 7) is 1.22. The number of amides is 1. The number of aromatic amines is 1. The van der Waals surface area contributed by atoms with Gasteiger partial charge in [-0.3, -0.25) is 14.8 Å². The molecule has 6 nitrogen and oxygen atoms in total. The van der Waals surface area contributed by atoms with Crippen molar-refractivity contribution >= 4 is 16.8 Å². The van der Waals surface area contributed by atoms with Crippen LogP contribution in [0.15, 0.2) is 43.0 Å². The Labute approximate surface area is 158 Å². The van der Waals surface area contributed by atoms with Crippen molar-refractivity contribution in [3.63, 3.8) is 0 Å². The van der Waals surface area contributed by atoms with Crippen LogP contribution in [0, 0.1) is 5.92 Å². The van der Waals surface area contributed by atoms with E-state index >= 15 is 0 Å². The minimum Gasteiger partial charge on any atom is -0.361 e. The largest absolute Gasteiger partial charge is 0.361 e. The van der Waals surface area contributed by atoms with E-state index in [9.17, 15) is 4.79 Å². The maximum absolute atomic E-state index is 12.8. The van der Waals surface area contributed by atoms with Gasteiger partial charge in [0, 0.05) is 48.0 Å². The molecule has 138 valence electrons. The molecule has 27 heavy (non-hydrogen) atoms. The van der Waals surface area contributed by atoms with Gasteiger partial charge < -0.3 is 15.2 Å². The first-order chi connectivity index (χ1) is 13.2. The van der Waals surface area contributed by atoms with E-state index in [2.05, 4.69) is 56.6 Å². The van der Waals surface area contributed by atoms with Gasteiger partial charge in [-0.15, -0.1) is 0 Å². The first-order valence-corrected chi connectivity index (χ1v) is 9.52. The van der Waals surface area contributed by atoms with E-state index in [1.54, 1.807) is 18.6 Å². The van der Waals surface area contributed by atoms with Crippen molar-refractivity contribution in [2.24, 2.45) is 5.92 Å². The number of aromatic nitrogens is 3. The molecule has 3 atom stereocenters. The Morgan fingerprint density at radius 3 is 3.15 bits per heavy atom. The standard InChI is InChI=1S/C21H23N5O/c1-26-12-14(21(27)25-11-15-10-22-5-6-23-15)7-17-16-3-2-4-18-20(16)13(9-24-18)8-19(17)26/h2-6,9-10,14,17,19,24H,7-8,11-12H2,1H3,(H,25,27)/t14?,17-,19-/m1/s1. The zero-order chi connectivity index (χ0) is 18.4. The molecule has 1 aliphatic carbocycles. The minimum absolute atomic E-state index is 0.0105. The Bertz CT molecular complexity index is 983. The van der Waals surface area contributed by atoms with Crippen molar-refractivity contribution in [3.05, 3.63) is 59.8 Å². The molecule has 1 fully saturated rings. The van der Waals surface area contributed by atoms with Gasteiger partial charge in [-0.2, -0.15) is 0 Å². The highest BCUT2D eigenvalue weighted by Gasteiger charge is 2.41. The third kappa shape index (κ3) is 2.80. The molecule has 1 amide bonds. The number of hydrogen-bond donors (Lipinski definition) is 2. The average Bonchev–Trinajstić information content (AvgIpc) is 3.12. The molecule has 3 heterocycles. The summed E-state index contributed by atoms with van der Waals surface area (Å²) in [7, 11) is 2.15. The number of rotatable bonds is 3. The first kappa shape index (κ1) is 16.4. The molecule has 6 heteroatoms. The minimum atomic E-state index is -0.0105. The van der Waals surface area contributed by atoms with Gasteiger partial charge >= 0.3 is 0 Å². The number of likely N-dealkylation sites (tertiary alicyclic amines) is 1. The molecule has 1 saturated heterocycles. The second-order valence-electron chi connectivity index (χ2n) is 7.75. The maximum Gasteiger partial charge on any atom is 0.224 e. The molecule has 1 aromatic carbocycles. The Hall–Kier alpha value is -2.73. The number of carbonyl (C=O) groups excluding carboxylic acids is 1. The van der Waals surface area contributed by atoms with E-state index in [4.69, 9.17) is 0 Å². The third-order valence-corrected chi connectivity index (χ3v) is 6.16. The van der Waals surface area contributed by atoms with Gasteiger partial charge in [0.2, 0.25) is 5.91 Å². The molecule has 3 aromatic rings. The van der Waals surface area contributed by atoms with Crippen LogP contribution in [-0.4, -0.2) is 45.4 Å². The molecule has 1 unspecified atom stereocenters. The topological polar surface area (TPSA) is 73.9 Å². The summed E-state index contributed by atoms with van der Waals surface area (Å²) in [6, 6.07) is 6.96. The van der Waals surface area contributed by atoms with Crippen LogP contribution in [-0.2, 0) is 17.8 Å². The molecule has 1 aliphatic heterocycles. The molecule has 0 spiro atoms. The van der Waals surface area contributed by atoms with Crippen LogP contribution >= 0.6 is 0 Å². The molecular formula is C21H23N5O. The lowest BCUT2D eigenvalue weighted by molar-refractivity contribution is -0.127. The highest BCUT2D eigenvalue weighted by molar-refractivity contribution is 5.88. The van der Waals surface area contributed by atoms with E-state index in [1.165, 1.54) is 22.0 Å². The van der Waals surface area contributed by atoms with Crippen molar-refractivity contribution < 1.29 is 4.79 Å². The molecule has 2 N–H and O–H groups in total. The predicted molar refractivity (Wildman–Crippen MR) is 103 cm³/mol. The number of hydrogen-bond acceptors (Lipinski definition) is 4. The molecule has 0 radical (unpaired) electrons. The van der Waals surface area contributed by atoms with E-state index < -0.39 is 0 Å². The Balaban J connectivity index is 1.37. The van der Waals surface area contributed by atoms with Gasteiger partial charge in [0.25, 0.3) is 0 Å². The first-order valence-electron chi connectivity index (χ1n) is 9.52. The lowest BCUT2D eigenvalue weighted by atomic mass is 9.72. The average molecular weight is 361 g/mol. The molecule has 0 saturated carbocycles. The Morgan fingerprint density at radius 1 is 1.37 bits per heavy atom. The smallest absolute Gasteiger partial charge is 0.224 e. The van der Waals surface area contributed by atoms with Crippen LogP contribution in [0.25, 0.3) is 10.9 Å². The second kappa shape index (κ2) is 6.46. The van der Waals surface area contributed by atoms with Crippen molar-refractivity contribution in [2.45, 2.75) is 31.3 Å². The van der Waals surface area contributed by atoms with Crippen LogP contribution in [0.1, 0.15) is 29.2 Å². The summed E-state index contributed by atoms with van der Waals surface area (Å²) >= 11 is 0. The van der Waals surface area contributed by atoms with Gasteiger partial charge in [0.1, 0.15) is 0 Å². The zero-order valence-electron chi connectivity index (χ0n) is 15.4. The van der Waals surface area contributed by atoms with E-state index in [-0.39, 0.29) is 11.8 Å². The SMILES string of the molecule is CN1CC(C(=O)NCc2cnccn2)C[C@@H]2c3cccc4[nH]cc(c34)C[C@H]21. The number of H-pyrrole nitrogens is 1. The number of carbonyl (C=O) groups is 1. The van der Waals surface area contributed by atoms with Crippen LogP contribution in [0.3, 0.4) is 0 Å². The normalized spacial score (nSPS) is 24.6. The van der Waals surface area contributed by atoms with Gasteiger partial charge in [0.05, 0.1) is 24.4 Å². The maximum atomic E-state index is 12.8.